The van der Waals surface area contributed by atoms with Crippen LogP contribution in [0, 0.1) is 0 Å². The minimum atomic E-state index is -0.0217. The van der Waals surface area contributed by atoms with E-state index in [-0.39, 0.29) is 9.99 Å². The smallest absolute Gasteiger partial charge is 0.242 e. The molecule has 1 fully saturated rings. The standard InChI is InChI=1S/C13H16N2OS2/c1-13(17-7-8-18-13)9-12(16)15-14-10-11-5-3-2-4-6-11/h2-6,10H,7-9H2,1H3,(H,15,16)/b14-10-. The van der Waals surface area contributed by atoms with Gasteiger partial charge in [0.05, 0.1) is 16.7 Å². The SMILES string of the molecule is CC1(CC(=O)N/N=C\c2ccccc2)SCCS1. The van der Waals surface area contributed by atoms with Crippen molar-refractivity contribution in [3.63, 3.8) is 0 Å². The summed E-state index contributed by atoms with van der Waals surface area (Å²) < 4.78 is 0.0202. The highest BCUT2D eigenvalue weighted by Gasteiger charge is 2.32. The van der Waals surface area contributed by atoms with E-state index in [4.69, 9.17) is 0 Å². The maximum atomic E-state index is 11.7. The molecule has 1 aromatic carbocycles. The molecule has 1 heterocycles. The number of hydrogen-bond donors (Lipinski definition) is 1. The highest BCUT2D eigenvalue weighted by Crippen LogP contribution is 2.45. The molecule has 1 aromatic rings. The first kappa shape index (κ1) is 13.5. The van der Waals surface area contributed by atoms with Gasteiger partial charge in [-0.15, -0.1) is 23.5 Å². The molecule has 1 aliphatic heterocycles. The van der Waals surface area contributed by atoms with Crippen LogP contribution in [0.3, 0.4) is 0 Å². The topological polar surface area (TPSA) is 41.5 Å². The molecular formula is C13H16N2OS2. The molecule has 0 aliphatic carbocycles. The summed E-state index contributed by atoms with van der Waals surface area (Å²) in [5.74, 6) is 2.23. The van der Waals surface area contributed by atoms with Gasteiger partial charge in [0, 0.05) is 11.5 Å². The molecule has 2 rings (SSSR count). The normalized spacial score (nSPS) is 18.1. The zero-order chi connectivity index (χ0) is 12.8. The molecule has 3 nitrogen and oxygen atoms in total. The van der Waals surface area contributed by atoms with Crippen LogP contribution in [-0.4, -0.2) is 27.7 Å². The third kappa shape index (κ3) is 4.07. The number of carbonyl (C=O) groups is 1. The van der Waals surface area contributed by atoms with E-state index < -0.39 is 0 Å². The number of nitrogens with one attached hydrogen (secondary N) is 1. The number of hydrazone groups is 1. The van der Waals surface area contributed by atoms with Crippen LogP contribution >= 0.6 is 23.5 Å². The summed E-state index contributed by atoms with van der Waals surface area (Å²) in [6.07, 6.45) is 2.17. The van der Waals surface area contributed by atoms with Gasteiger partial charge in [-0.25, -0.2) is 5.43 Å². The average molecular weight is 280 g/mol. The first-order chi connectivity index (χ1) is 8.68. The fourth-order valence-corrected chi connectivity index (χ4v) is 4.54. The van der Waals surface area contributed by atoms with E-state index >= 15 is 0 Å². The number of nitrogens with zero attached hydrogens (tertiary/aromatic N) is 1. The second-order valence-electron chi connectivity index (χ2n) is 4.21. The van der Waals surface area contributed by atoms with E-state index in [1.54, 1.807) is 6.21 Å². The first-order valence-electron chi connectivity index (χ1n) is 5.83. The Morgan fingerprint density at radius 2 is 2.06 bits per heavy atom. The molecule has 0 bridgehead atoms. The molecule has 0 radical (unpaired) electrons. The largest absolute Gasteiger partial charge is 0.273 e. The number of hydrogen-bond acceptors (Lipinski definition) is 4. The van der Waals surface area contributed by atoms with Crippen molar-refractivity contribution < 1.29 is 4.79 Å². The molecule has 0 spiro atoms. The van der Waals surface area contributed by atoms with E-state index in [1.807, 2.05) is 53.9 Å². The van der Waals surface area contributed by atoms with Crippen LogP contribution in [0.1, 0.15) is 18.9 Å². The Kier molecular flexibility index (Phi) is 4.72. The van der Waals surface area contributed by atoms with Crippen molar-refractivity contribution in [2.75, 3.05) is 11.5 Å². The lowest BCUT2D eigenvalue weighted by Gasteiger charge is -2.19. The van der Waals surface area contributed by atoms with Gasteiger partial charge in [-0.05, 0) is 12.5 Å². The third-order valence-electron chi connectivity index (χ3n) is 2.58. The number of benzene rings is 1. The second kappa shape index (κ2) is 6.29. The molecule has 18 heavy (non-hydrogen) atoms. The Balaban J connectivity index is 1.80. The Hall–Kier alpha value is -0.940. The minimum Gasteiger partial charge on any atom is -0.273 e. The average Bonchev–Trinajstić information content (AvgIpc) is 2.77. The quantitative estimate of drug-likeness (QED) is 0.681. The third-order valence-corrected chi connectivity index (χ3v) is 5.87. The lowest BCUT2D eigenvalue weighted by atomic mass is 10.2. The van der Waals surface area contributed by atoms with Crippen molar-refractivity contribution in [3.8, 4) is 0 Å². The molecule has 1 amide bonds. The summed E-state index contributed by atoms with van der Waals surface area (Å²) in [5, 5.41) is 3.97. The van der Waals surface area contributed by atoms with Gasteiger partial charge in [-0.1, -0.05) is 30.3 Å². The molecule has 1 N–H and O–H groups in total. The Bertz CT molecular complexity index is 428. The summed E-state index contributed by atoms with van der Waals surface area (Å²) in [6.45, 7) is 2.12. The van der Waals surface area contributed by atoms with Gasteiger partial charge in [0.15, 0.2) is 0 Å². The summed E-state index contributed by atoms with van der Waals surface area (Å²) in [6, 6.07) is 9.72. The predicted octanol–water partition coefficient (Wildman–Crippen LogP) is 2.72. The van der Waals surface area contributed by atoms with Crippen molar-refractivity contribution >= 4 is 35.6 Å². The van der Waals surface area contributed by atoms with Gasteiger partial charge >= 0.3 is 0 Å². The Morgan fingerprint density at radius 3 is 2.72 bits per heavy atom. The zero-order valence-corrected chi connectivity index (χ0v) is 11.9. The lowest BCUT2D eigenvalue weighted by molar-refractivity contribution is -0.121. The van der Waals surface area contributed by atoms with Crippen LogP contribution in [-0.2, 0) is 4.79 Å². The van der Waals surface area contributed by atoms with Crippen molar-refractivity contribution in [3.05, 3.63) is 35.9 Å². The second-order valence-corrected chi connectivity index (χ2v) is 7.67. The van der Waals surface area contributed by atoms with Crippen LogP contribution in [0.25, 0.3) is 0 Å². The molecule has 0 aromatic heterocycles. The van der Waals surface area contributed by atoms with Gasteiger partial charge in [-0.2, -0.15) is 5.10 Å². The van der Waals surface area contributed by atoms with Gasteiger partial charge < -0.3 is 0 Å². The van der Waals surface area contributed by atoms with Crippen molar-refractivity contribution in [2.24, 2.45) is 5.10 Å². The summed E-state index contributed by atoms with van der Waals surface area (Å²) in [5.41, 5.74) is 3.57. The van der Waals surface area contributed by atoms with Crippen LogP contribution < -0.4 is 5.43 Å². The molecule has 0 unspecified atom stereocenters. The van der Waals surface area contributed by atoms with Gasteiger partial charge in [0.1, 0.15) is 0 Å². The number of amides is 1. The maximum Gasteiger partial charge on any atom is 0.242 e. The van der Waals surface area contributed by atoms with Gasteiger partial charge in [0.25, 0.3) is 0 Å². The highest BCUT2D eigenvalue weighted by atomic mass is 32.2. The Labute approximate surface area is 116 Å². The molecule has 0 saturated carbocycles. The molecule has 5 heteroatoms. The monoisotopic (exact) mass is 280 g/mol. The predicted molar refractivity (Wildman–Crippen MR) is 80.1 cm³/mol. The molecule has 96 valence electrons. The fraction of sp³-hybridized carbons (Fsp3) is 0.385. The fourth-order valence-electron chi connectivity index (χ4n) is 1.71. The summed E-state index contributed by atoms with van der Waals surface area (Å²) in [7, 11) is 0. The van der Waals surface area contributed by atoms with Crippen LogP contribution in [0.2, 0.25) is 0 Å². The lowest BCUT2D eigenvalue weighted by Crippen LogP contribution is -2.26. The number of thioether (sulfide) groups is 2. The van der Waals surface area contributed by atoms with Gasteiger partial charge in [0.2, 0.25) is 5.91 Å². The zero-order valence-electron chi connectivity index (χ0n) is 10.3. The Morgan fingerprint density at radius 1 is 1.39 bits per heavy atom. The highest BCUT2D eigenvalue weighted by molar-refractivity contribution is 8.21. The van der Waals surface area contributed by atoms with Crippen molar-refractivity contribution in [1.29, 1.82) is 0 Å². The first-order valence-corrected chi connectivity index (χ1v) is 7.80. The summed E-state index contributed by atoms with van der Waals surface area (Å²) >= 11 is 3.71. The summed E-state index contributed by atoms with van der Waals surface area (Å²) in [4.78, 5) is 11.7. The van der Waals surface area contributed by atoms with E-state index in [0.717, 1.165) is 17.1 Å². The molecule has 1 saturated heterocycles. The number of carbonyl (C=O) groups excluding carboxylic acids is 1. The molecular weight excluding hydrogens is 264 g/mol. The van der Waals surface area contributed by atoms with Crippen molar-refractivity contribution in [1.82, 2.24) is 5.43 Å². The van der Waals surface area contributed by atoms with Crippen LogP contribution in [0.5, 0.6) is 0 Å². The maximum absolute atomic E-state index is 11.7. The van der Waals surface area contributed by atoms with E-state index in [1.165, 1.54) is 0 Å². The van der Waals surface area contributed by atoms with Gasteiger partial charge in [-0.3, -0.25) is 4.79 Å². The molecule has 1 aliphatic rings. The van der Waals surface area contributed by atoms with Crippen LogP contribution in [0.4, 0.5) is 0 Å². The number of rotatable bonds is 4. The van der Waals surface area contributed by atoms with Crippen molar-refractivity contribution in [2.45, 2.75) is 17.4 Å². The van der Waals surface area contributed by atoms with E-state index in [2.05, 4.69) is 17.5 Å². The molecule has 0 atom stereocenters. The van der Waals surface area contributed by atoms with E-state index in [9.17, 15) is 4.79 Å². The minimum absolute atomic E-state index is 0.0202. The van der Waals surface area contributed by atoms with E-state index in [0.29, 0.717) is 6.42 Å². The van der Waals surface area contributed by atoms with Crippen LogP contribution in [0.15, 0.2) is 35.4 Å².